The topological polar surface area (TPSA) is 37.6 Å². The predicted octanol–water partition coefficient (Wildman–Crippen LogP) is 6.51. The molecule has 0 atom stereocenters. The molecule has 1 amide bonds. The van der Waals surface area contributed by atoms with Gasteiger partial charge in [0, 0.05) is 17.9 Å². The smallest absolute Gasteiger partial charge is 0.266 e. The molecule has 158 valence electrons. The van der Waals surface area contributed by atoms with Crippen molar-refractivity contribution < 1.29 is 9.18 Å². The molecule has 7 heteroatoms. The lowest BCUT2D eigenvalue weighted by atomic mass is 10.2. The van der Waals surface area contributed by atoms with Gasteiger partial charge >= 0.3 is 0 Å². The number of hydrogen-bond donors (Lipinski definition) is 0. The van der Waals surface area contributed by atoms with E-state index in [4.69, 9.17) is 11.6 Å². The lowest BCUT2D eigenvalue weighted by molar-refractivity contribution is -0.122. The maximum absolute atomic E-state index is 13.2. The summed E-state index contributed by atoms with van der Waals surface area (Å²) in [4.78, 5) is 19.8. The van der Waals surface area contributed by atoms with Crippen LogP contribution in [0.3, 0.4) is 0 Å². The average molecular weight is 454 g/mol. The summed E-state index contributed by atoms with van der Waals surface area (Å²) in [5, 5.41) is 1.26. The number of amidine groups is 1. The maximum Gasteiger partial charge on any atom is 0.266 e. The quantitative estimate of drug-likeness (QED) is 0.422. The fourth-order valence-electron chi connectivity index (χ4n) is 3.58. The summed E-state index contributed by atoms with van der Waals surface area (Å²) >= 11 is 7.74. The number of likely N-dealkylation sites (N-methyl/N-ethyl adjacent to an activating group) is 1. The molecule has 2 aromatic carbocycles. The number of carbonyl (C=O) groups is 1. The normalized spacial score (nSPS) is 16.7. The first-order chi connectivity index (χ1) is 14.9. The van der Waals surface area contributed by atoms with E-state index in [9.17, 15) is 9.18 Å². The zero-order valence-electron chi connectivity index (χ0n) is 17.4. The van der Waals surface area contributed by atoms with Crippen molar-refractivity contribution in [2.24, 2.45) is 4.99 Å². The van der Waals surface area contributed by atoms with Crippen LogP contribution in [0.15, 0.2) is 64.5 Å². The zero-order valence-corrected chi connectivity index (χ0v) is 19.0. The van der Waals surface area contributed by atoms with Gasteiger partial charge in [0.1, 0.15) is 5.82 Å². The first-order valence-corrected chi connectivity index (χ1v) is 11.1. The average Bonchev–Trinajstić information content (AvgIpc) is 3.19. The fraction of sp³-hybridized carbons (Fsp3) is 0.167. The molecule has 3 aromatic rings. The number of benzene rings is 2. The van der Waals surface area contributed by atoms with E-state index < -0.39 is 0 Å². The van der Waals surface area contributed by atoms with Gasteiger partial charge in [-0.25, -0.2) is 9.38 Å². The number of carbonyl (C=O) groups excluding carboxylic acids is 1. The predicted molar refractivity (Wildman–Crippen MR) is 127 cm³/mol. The number of rotatable bonds is 4. The van der Waals surface area contributed by atoms with Crippen molar-refractivity contribution in [3.8, 4) is 5.69 Å². The number of hydrogen-bond acceptors (Lipinski definition) is 3. The number of nitrogens with zero attached hydrogens (tertiary/aromatic N) is 3. The van der Waals surface area contributed by atoms with Crippen molar-refractivity contribution in [1.82, 2.24) is 9.47 Å². The van der Waals surface area contributed by atoms with Crippen molar-refractivity contribution in [3.63, 3.8) is 0 Å². The maximum atomic E-state index is 13.2. The van der Waals surface area contributed by atoms with Crippen LogP contribution in [0.25, 0.3) is 11.8 Å². The van der Waals surface area contributed by atoms with Crippen LogP contribution in [0, 0.1) is 19.7 Å². The Labute approximate surface area is 190 Å². The van der Waals surface area contributed by atoms with Gasteiger partial charge in [-0.1, -0.05) is 23.7 Å². The number of thioether (sulfide) groups is 1. The van der Waals surface area contributed by atoms with Gasteiger partial charge in [-0.15, -0.1) is 0 Å². The van der Waals surface area contributed by atoms with Crippen LogP contribution in [0.4, 0.5) is 10.1 Å². The molecule has 0 unspecified atom stereocenters. The van der Waals surface area contributed by atoms with E-state index in [0.29, 0.717) is 27.3 Å². The van der Waals surface area contributed by atoms with Gasteiger partial charge in [-0.2, -0.15) is 0 Å². The Morgan fingerprint density at radius 1 is 1.13 bits per heavy atom. The second-order valence-electron chi connectivity index (χ2n) is 7.14. The second kappa shape index (κ2) is 8.73. The molecular weight excluding hydrogens is 433 g/mol. The molecular formula is C24H21ClFN3OS. The van der Waals surface area contributed by atoms with Crippen LogP contribution in [-0.4, -0.2) is 27.1 Å². The van der Waals surface area contributed by atoms with Gasteiger partial charge < -0.3 is 4.57 Å². The third kappa shape index (κ3) is 4.18. The SMILES string of the molecule is CCN1C(=O)/C(=C\c2cc(C)n(-c3ccccc3Cl)c2C)SC1=Nc1ccc(F)cc1. The fourth-order valence-corrected chi connectivity index (χ4v) is 4.85. The van der Waals surface area contributed by atoms with Crippen LogP contribution in [-0.2, 0) is 4.79 Å². The minimum atomic E-state index is -0.319. The molecule has 1 fully saturated rings. The minimum absolute atomic E-state index is 0.0871. The van der Waals surface area contributed by atoms with Crippen LogP contribution in [0.1, 0.15) is 23.9 Å². The summed E-state index contributed by atoms with van der Waals surface area (Å²) in [6.45, 7) is 6.44. The molecule has 0 aliphatic carbocycles. The standard InChI is InChI=1S/C24H21ClFN3OS/c1-4-28-23(30)22(31-24(28)27-19-11-9-18(26)10-12-19)14-17-13-15(2)29(16(17)3)21-8-6-5-7-20(21)25/h5-14H,4H2,1-3H3/b22-14+,27-24?. The van der Waals surface area contributed by atoms with E-state index in [-0.39, 0.29) is 11.7 Å². The van der Waals surface area contributed by atoms with Crippen molar-refractivity contribution in [1.29, 1.82) is 0 Å². The van der Waals surface area contributed by atoms with Gasteiger partial charge in [0.05, 0.1) is 21.3 Å². The van der Waals surface area contributed by atoms with E-state index >= 15 is 0 Å². The Bertz CT molecular complexity index is 1210. The number of halogens is 2. The van der Waals surface area contributed by atoms with Crippen molar-refractivity contribution in [2.75, 3.05) is 6.54 Å². The third-order valence-electron chi connectivity index (χ3n) is 5.11. The number of amides is 1. The summed E-state index contributed by atoms with van der Waals surface area (Å²) in [5.41, 5.74) is 4.49. The summed E-state index contributed by atoms with van der Waals surface area (Å²) in [6.07, 6.45) is 1.90. The summed E-state index contributed by atoms with van der Waals surface area (Å²) in [5.74, 6) is -0.406. The lowest BCUT2D eigenvalue weighted by Crippen LogP contribution is -2.28. The molecule has 0 radical (unpaired) electrons. The first-order valence-electron chi connectivity index (χ1n) is 9.88. The van der Waals surface area contributed by atoms with E-state index in [1.807, 2.05) is 57.2 Å². The monoisotopic (exact) mass is 453 g/mol. The summed E-state index contributed by atoms with van der Waals surface area (Å²) < 4.78 is 15.3. The Morgan fingerprint density at radius 2 is 1.84 bits per heavy atom. The number of aryl methyl sites for hydroxylation is 1. The molecule has 0 spiro atoms. The highest BCUT2D eigenvalue weighted by atomic mass is 35.5. The van der Waals surface area contributed by atoms with E-state index in [1.54, 1.807) is 17.0 Å². The van der Waals surface area contributed by atoms with E-state index in [1.165, 1.54) is 23.9 Å². The van der Waals surface area contributed by atoms with E-state index in [2.05, 4.69) is 9.56 Å². The molecule has 0 N–H and O–H groups in total. The lowest BCUT2D eigenvalue weighted by Gasteiger charge is -2.12. The number of para-hydroxylation sites is 1. The molecule has 31 heavy (non-hydrogen) atoms. The Balaban J connectivity index is 1.71. The van der Waals surface area contributed by atoms with Gasteiger partial charge in [0.25, 0.3) is 5.91 Å². The Kier molecular flexibility index (Phi) is 6.03. The van der Waals surface area contributed by atoms with Gasteiger partial charge in [-0.3, -0.25) is 9.69 Å². The summed E-state index contributed by atoms with van der Waals surface area (Å²) in [6, 6.07) is 15.6. The molecule has 4 rings (SSSR count). The highest BCUT2D eigenvalue weighted by Crippen LogP contribution is 2.35. The third-order valence-corrected chi connectivity index (χ3v) is 6.43. The van der Waals surface area contributed by atoms with Gasteiger partial charge in [0.2, 0.25) is 0 Å². The Hall–Kier alpha value is -2.83. The molecule has 1 aliphatic heterocycles. The van der Waals surface area contributed by atoms with Crippen molar-refractivity contribution in [3.05, 3.63) is 87.3 Å². The van der Waals surface area contributed by atoms with Crippen LogP contribution >= 0.6 is 23.4 Å². The molecule has 0 bridgehead atoms. The molecule has 2 heterocycles. The van der Waals surface area contributed by atoms with Crippen LogP contribution in [0.5, 0.6) is 0 Å². The largest absolute Gasteiger partial charge is 0.316 e. The van der Waals surface area contributed by atoms with Crippen molar-refractivity contribution >= 4 is 46.2 Å². The zero-order chi connectivity index (χ0) is 22.1. The molecule has 1 aliphatic rings. The molecule has 1 saturated heterocycles. The van der Waals surface area contributed by atoms with E-state index in [0.717, 1.165) is 22.6 Å². The van der Waals surface area contributed by atoms with Crippen LogP contribution in [0.2, 0.25) is 5.02 Å². The molecule has 1 aromatic heterocycles. The minimum Gasteiger partial charge on any atom is -0.316 e. The number of aliphatic imine (C=N–C) groups is 1. The van der Waals surface area contributed by atoms with Gasteiger partial charge in [-0.05, 0) is 86.6 Å². The first kappa shape index (κ1) is 21.4. The molecule has 0 saturated carbocycles. The highest BCUT2D eigenvalue weighted by molar-refractivity contribution is 8.18. The molecule has 4 nitrogen and oxygen atoms in total. The highest BCUT2D eigenvalue weighted by Gasteiger charge is 2.32. The van der Waals surface area contributed by atoms with Crippen molar-refractivity contribution in [2.45, 2.75) is 20.8 Å². The van der Waals surface area contributed by atoms with Crippen LogP contribution < -0.4 is 0 Å². The Morgan fingerprint density at radius 3 is 2.52 bits per heavy atom. The van der Waals surface area contributed by atoms with Gasteiger partial charge in [0.15, 0.2) is 5.17 Å². The number of aromatic nitrogens is 1. The second-order valence-corrected chi connectivity index (χ2v) is 8.56. The summed E-state index contributed by atoms with van der Waals surface area (Å²) in [7, 11) is 0.